The maximum absolute atomic E-state index is 11.6. The number of aromatic nitrogens is 3. The standard InChI is InChI=1S/C10H10N4O/c1-8-2-3-11-6-9(8)13-10(15)14-5-4-12-7-14/h2-7H,1H3,(H,13,15). The third kappa shape index (κ3) is 2.01. The molecule has 5 heteroatoms. The molecule has 0 bridgehead atoms. The number of aryl methyl sites for hydroxylation is 1. The highest BCUT2D eigenvalue weighted by atomic mass is 16.2. The van der Waals surface area contributed by atoms with Crippen LogP contribution in [0.4, 0.5) is 10.5 Å². The first-order chi connectivity index (χ1) is 7.27. The highest BCUT2D eigenvalue weighted by molar-refractivity contribution is 5.91. The van der Waals surface area contributed by atoms with Crippen LogP contribution in [0.3, 0.4) is 0 Å². The number of rotatable bonds is 1. The zero-order valence-corrected chi connectivity index (χ0v) is 8.21. The Hall–Kier alpha value is -2.17. The summed E-state index contributed by atoms with van der Waals surface area (Å²) >= 11 is 0. The van der Waals surface area contributed by atoms with Gasteiger partial charge in [-0.05, 0) is 18.6 Å². The van der Waals surface area contributed by atoms with Crippen molar-refractivity contribution in [3.63, 3.8) is 0 Å². The van der Waals surface area contributed by atoms with Crippen LogP contribution in [0.2, 0.25) is 0 Å². The molecule has 1 amide bonds. The lowest BCUT2D eigenvalue weighted by Gasteiger charge is -2.06. The van der Waals surface area contributed by atoms with E-state index in [4.69, 9.17) is 0 Å². The lowest BCUT2D eigenvalue weighted by molar-refractivity contribution is 0.253. The summed E-state index contributed by atoms with van der Waals surface area (Å²) in [6.45, 7) is 1.91. The van der Waals surface area contributed by atoms with Gasteiger partial charge in [-0.1, -0.05) is 0 Å². The molecule has 0 radical (unpaired) electrons. The molecule has 0 unspecified atom stereocenters. The van der Waals surface area contributed by atoms with E-state index in [1.165, 1.54) is 10.9 Å². The normalized spacial score (nSPS) is 9.93. The average molecular weight is 202 g/mol. The van der Waals surface area contributed by atoms with Gasteiger partial charge in [0.15, 0.2) is 0 Å². The van der Waals surface area contributed by atoms with Gasteiger partial charge >= 0.3 is 6.03 Å². The third-order valence-electron chi connectivity index (χ3n) is 2.02. The Bertz CT molecular complexity index is 464. The monoisotopic (exact) mass is 202 g/mol. The number of pyridine rings is 1. The summed E-state index contributed by atoms with van der Waals surface area (Å²) < 4.78 is 1.37. The van der Waals surface area contributed by atoms with Crippen LogP contribution in [-0.4, -0.2) is 20.6 Å². The first kappa shape index (κ1) is 9.39. The fourth-order valence-electron chi connectivity index (χ4n) is 1.15. The molecule has 15 heavy (non-hydrogen) atoms. The van der Waals surface area contributed by atoms with Gasteiger partial charge in [-0.2, -0.15) is 0 Å². The Balaban J connectivity index is 2.17. The van der Waals surface area contributed by atoms with E-state index in [0.717, 1.165) is 5.56 Å². The number of amides is 1. The fourth-order valence-corrected chi connectivity index (χ4v) is 1.15. The van der Waals surface area contributed by atoms with Crippen molar-refractivity contribution in [3.05, 3.63) is 42.7 Å². The van der Waals surface area contributed by atoms with Crippen molar-refractivity contribution in [3.8, 4) is 0 Å². The van der Waals surface area contributed by atoms with Gasteiger partial charge in [0.05, 0.1) is 11.9 Å². The van der Waals surface area contributed by atoms with Gasteiger partial charge in [0.25, 0.3) is 0 Å². The molecular formula is C10H10N4O. The molecule has 2 rings (SSSR count). The Morgan fingerprint density at radius 2 is 2.27 bits per heavy atom. The minimum atomic E-state index is -0.247. The van der Waals surface area contributed by atoms with Gasteiger partial charge in [0, 0.05) is 18.6 Å². The molecular weight excluding hydrogens is 192 g/mol. The van der Waals surface area contributed by atoms with Crippen LogP contribution in [0.1, 0.15) is 5.56 Å². The number of carbonyl (C=O) groups is 1. The van der Waals surface area contributed by atoms with Crippen LogP contribution in [0, 0.1) is 6.92 Å². The summed E-state index contributed by atoms with van der Waals surface area (Å²) in [6, 6.07) is 1.59. The fraction of sp³-hybridized carbons (Fsp3) is 0.100. The zero-order chi connectivity index (χ0) is 10.7. The summed E-state index contributed by atoms with van der Waals surface area (Å²) in [5.74, 6) is 0. The molecule has 2 aromatic heterocycles. The van der Waals surface area contributed by atoms with Crippen molar-refractivity contribution >= 4 is 11.7 Å². The van der Waals surface area contributed by atoms with Crippen LogP contribution in [0.5, 0.6) is 0 Å². The van der Waals surface area contributed by atoms with Crippen LogP contribution >= 0.6 is 0 Å². The largest absolute Gasteiger partial charge is 0.331 e. The number of hydrogen-bond donors (Lipinski definition) is 1. The van der Waals surface area contributed by atoms with Gasteiger partial charge in [-0.15, -0.1) is 0 Å². The van der Waals surface area contributed by atoms with E-state index in [2.05, 4.69) is 15.3 Å². The topological polar surface area (TPSA) is 59.8 Å². The molecule has 76 valence electrons. The van der Waals surface area contributed by atoms with Crippen molar-refractivity contribution in [2.75, 3.05) is 5.32 Å². The second kappa shape index (κ2) is 3.91. The molecule has 0 aliphatic heterocycles. The van der Waals surface area contributed by atoms with Crippen LogP contribution in [-0.2, 0) is 0 Å². The number of carbonyl (C=O) groups excluding carboxylic acids is 1. The van der Waals surface area contributed by atoms with Gasteiger partial charge in [0.1, 0.15) is 6.33 Å². The minimum absolute atomic E-state index is 0.247. The highest BCUT2D eigenvalue weighted by Gasteiger charge is 2.05. The molecule has 0 spiro atoms. The number of hydrogen-bond acceptors (Lipinski definition) is 3. The van der Waals surface area contributed by atoms with Crippen molar-refractivity contribution in [1.29, 1.82) is 0 Å². The van der Waals surface area contributed by atoms with E-state index in [0.29, 0.717) is 5.69 Å². The zero-order valence-electron chi connectivity index (χ0n) is 8.21. The van der Waals surface area contributed by atoms with Gasteiger partial charge in [0.2, 0.25) is 0 Å². The molecule has 5 nitrogen and oxygen atoms in total. The van der Waals surface area contributed by atoms with Gasteiger partial charge in [-0.3, -0.25) is 9.55 Å². The predicted octanol–water partition coefficient (Wildman–Crippen LogP) is 1.67. The maximum atomic E-state index is 11.6. The molecule has 0 aliphatic rings. The van der Waals surface area contributed by atoms with E-state index in [1.54, 1.807) is 24.8 Å². The summed E-state index contributed by atoms with van der Waals surface area (Å²) in [5.41, 5.74) is 1.68. The molecule has 0 aliphatic carbocycles. The number of imidazole rings is 1. The van der Waals surface area contributed by atoms with Crippen LogP contribution < -0.4 is 5.32 Å². The second-order valence-electron chi connectivity index (χ2n) is 3.09. The quantitative estimate of drug-likeness (QED) is 0.765. The van der Waals surface area contributed by atoms with E-state index >= 15 is 0 Å². The third-order valence-corrected chi connectivity index (χ3v) is 2.02. The van der Waals surface area contributed by atoms with E-state index in [1.807, 2.05) is 13.0 Å². The van der Waals surface area contributed by atoms with Crippen molar-refractivity contribution < 1.29 is 4.79 Å². The molecule has 2 aromatic rings. The molecule has 0 atom stereocenters. The summed E-state index contributed by atoms with van der Waals surface area (Å²) in [7, 11) is 0. The Kier molecular flexibility index (Phi) is 2.45. The SMILES string of the molecule is Cc1ccncc1NC(=O)n1ccnc1. The predicted molar refractivity (Wildman–Crippen MR) is 55.6 cm³/mol. The first-order valence-electron chi connectivity index (χ1n) is 4.47. The average Bonchev–Trinajstić information content (AvgIpc) is 2.74. The smallest absolute Gasteiger partial charge is 0.305 e. The highest BCUT2D eigenvalue weighted by Crippen LogP contribution is 2.11. The maximum Gasteiger partial charge on any atom is 0.331 e. The molecule has 2 heterocycles. The first-order valence-corrected chi connectivity index (χ1v) is 4.47. The molecule has 0 saturated heterocycles. The molecule has 0 fully saturated rings. The molecule has 0 aromatic carbocycles. The van der Waals surface area contributed by atoms with Gasteiger partial charge < -0.3 is 5.32 Å². The van der Waals surface area contributed by atoms with Gasteiger partial charge in [-0.25, -0.2) is 9.78 Å². The Labute approximate surface area is 86.8 Å². The number of anilines is 1. The lowest BCUT2D eigenvalue weighted by Crippen LogP contribution is -2.18. The van der Waals surface area contributed by atoms with Crippen molar-refractivity contribution in [1.82, 2.24) is 14.5 Å². The summed E-state index contributed by atoms with van der Waals surface area (Å²) in [5, 5.41) is 2.73. The van der Waals surface area contributed by atoms with Crippen molar-refractivity contribution in [2.24, 2.45) is 0 Å². The van der Waals surface area contributed by atoms with Crippen LogP contribution in [0.25, 0.3) is 0 Å². The number of nitrogens with zero attached hydrogens (tertiary/aromatic N) is 3. The van der Waals surface area contributed by atoms with E-state index in [-0.39, 0.29) is 6.03 Å². The Morgan fingerprint density at radius 3 is 2.93 bits per heavy atom. The minimum Gasteiger partial charge on any atom is -0.305 e. The molecule has 0 saturated carbocycles. The van der Waals surface area contributed by atoms with Crippen molar-refractivity contribution in [2.45, 2.75) is 6.92 Å². The van der Waals surface area contributed by atoms with Crippen LogP contribution in [0.15, 0.2) is 37.2 Å². The lowest BCUT2D eigenvalue weighted by atomic mass is 10.2. The molecule has 1 N–H and O–H groups in total. The number of nitrogens with one attached hydrogen (secondary N) is 1. The Morgan fingerprint density at radius 1 is 1.40 bits per heavy atom. The second-order valence-corrected chi connectivity index (χ2v) is 3.09. The summed E-state index contributed by atoms with van der Waals surface area (Å²) in [4.78, 5) is 19.3. The van der Waals surface area contributed by atoms with E-state index < -0.39 is 0 Å². The summed E-state index contributed by atoms with van der Waals surface area (Å²) in [6.07, 6.45) is 7.88. The van der Waals surface area contributed by atoms with E-state index in [9.17, 15) is 4.79 Å².